The molecular formula is C10H14N2O4. The maximum absolute atomic E-state index is 11.2. The van der Waals surface area contributed by atoms with Gasteiger partial charge in [0, 0.05) is 24.5 Å². The summed E-state index contributed by atoms with van der Waals surface area (Å²) in [6, 6.07) is 1.41. The average Bonchev–Trinajstić information content (AvgIpc) is 2.36. The lowest BCUT2D eigenvalue weighted by Gasteiger charge is -2.16. The summed E-state index contributed by atoms with van der Waals surface area (Å²) in [6.45, 7) is -0.0797. The number of ether oxygens (including phenoxy) is 1. The first-order chi connectivity index (χ1) is 7.60. The number of aromatic nitrogens is 1. The van der Waals surface area contributed by atoms with Gasteiger partial charge in [-0.15, -0.1) is 0 Å². The van der Waals surface area contributed by atoms with Crippen LogP contribution in [0.4, 0.5) is 0 Å². The van der Waals surface area contributed by atoms with Crippen LogP contribution in [0.5, 0.6) is 0 Å². The molecule has 1 rings (SSSR count). The SMILES string of the molecule is COC(=O)c1cncc(C(O)C(O)CN)c1. The number of carbonyl (C=O) groups excluding carboxylic acids is 1. The van der Waals surface area contributed by atoms with Crippen LogP contribution in [0.3, 0.4) is 0 Å². The third kappa shape index (κ3) is 2.75. The van der Waals surface area contributed by atoms with Crippen molar-refractivity contribution in [3.8, 4) is 0 Å². The van der Waals surface area contributed by atoms with Crippen LogP contribution >= 0.6 is 0 Å². The number of aliphatic hydroxyl groups is 2. The lowest BCUT2D eigenvalue weighted by atomic mass is 10.0. The Kier molecular flexibility index (Phi) is 4.36. The third-order valence-electron chi connectivity index (χ3n) is 2.13. The van der Waals surface area contributed by atoms with E-state index in [1.807, 2.05) is 0 Å². The molecule has 4 N–H and O–H groups in total. The van der Waals surface area contributed by atoms with E-state index in [2.05, 4.69) is 9.72 Å². The Balaban J connectivity index is 2.94. The van der Waals surface area contributed by atoms with Crippen molar-refractivity contribution in [1.82, 2.24) is 4.98 Å². The lowest BCUT2D eigenvalue weighted by molar-refractivity contribution is 0.0240. The Morgan fingerprint density at radius 2 is 2.25 bits per heavy atom. The topological polar surface area (TPSA) is 106 Å². The molecule has 0 spiro atoms. The van der Waals surface area contributed by atoms with Crippen LogP contribution in [-0.4, -0.2) is 40.9 Å². The maximum Gasteiger partial charge on any atom is 0.339 e. The van der Waals surface area contributed by atoms with E-state index in [0.717, 1.165) is 0 Å². The number of hydrogen-bond donors (Lipinski definition) is 3. The number of rotatable bonds is 4. The van der Waals surface area contributed by atoms with Crippen molar-refractivity contribution in [2.45, 2.75) is 12.2 Å². The van der Waals surface area contributed by atoms with Gasteiger partial charge in [0.05, 0.1) is 18.8 Å². The molecule has 0 amide bonds. The summed E-state index contributed by atoms with van der Waals surface area (Å²) in [5.74, 6) is -0.552. The van der Waals surface area contributed by atoms with Gasteiger partial charge in [-0.1, -0.05) is 0 Å². The highest BCUT2D eigenvalue weighted by atomic mass is 16.5. The van der Waals surface area contributed by atoms with Gasteiger partial charge in [0.25, 0.3) is 0 Å². The van der Waals surface area contributed by atoms with E-state index in [-0.39, 0.29) is 12.1 Å². The van der Waals surface area contributed by atoms with Crippen LogP contribution in [-0.2, 0) is 4.74 Å². The quantitative estimate of drug-likeness (QED) is 0.582. The molecule has 0 aliphatic rings. The monoisotopic (exact) mass is 226 g/mol. The van der Waals surface area contributed by atoms with Gasteiger partial charge in [-0.25, -0.2) is 4.79 Å². The van der Waals surface area contributed by atoms with Crippen molar-refractivity contribution in [3.63, 3.8) is 0 Å². The number of methoxy groups -OCH3 is 1. The Bertz CT molecular complexity index is 370. The Morgan fingerprint density at radius 3 is 2.81 bits per heavy atom. The summed E-state index contributed by atoms with van der Waals surface area (Å²) < 4.78 is 4.51. The van der Waals surface area contributed by atoms with E-state index in [1.54, 1.807) is 0 Å². The molecule has 0 fully saturated rings. The highest BCUT2D eigenvalue weighted by Crippen LogP contribution is 2.16. The summed E-state index contributed by atoms with van der Waals surface area (Å²) >= 11 is 0. The van der Waals surface area contributed by atoms with Crippen molar-refractivity contribution in [2.75, 3.05) is 13.7 Å². The summed E-state index contributed by atoms with van der Waals surface area (Å²) in [5, 5.41) is 19.0. The van der Waals surface area contributed by atoms with Crippen LogP contribution in [0.15, 0.2) is 18.5 Å². The van der Waals surface area contributed by atoms with E-state index in [0.29, 0.717) is 5.56 Å². The van der Waals surface area contributed by atoms with Gasteiger partial charge in [-0.2, -0.15) is 0 Å². The second kappa shape index (κ2) is 5.55. The summed E-state index contributed by atoms with van der Waals surface area (Å²) in [4.78, 5) is 15.0. The highest BCUT2D eigenvalue weighted by molar-refractivity contribution is 5.89. The fourth-order valence-electron chi connectivity index (χ4n) is 1.20. The van der Waals surface area contributed by atoms with Crippen molar-refractivity contribution < 1.29 is 19.7 Å². The van der Waals surface area contributed by atoms with Crippen molar-refractivity contribution >= 4 is 5.97 Å². The smallest absolute Gasteiger partial charge is 0.339 e. The van der Waals surface area contributed by atoms with E-state index in [9.17, 15) is 15.0 Å². The van der Waals surface area contributed by atoms with Gasteiger partial charge in [0.15, 0.2) is 0 Å². The maximum atomic E-state index is 11.2. The molecule has 0 bridgehead atoms. The zero-order valence-electron chi connectivity index (χ0n) is 8.83. The molecule has 6 nitrogen and oxygen atoms in total. The van der Waals surface area contributed by atoms with E-state index >= 15 is 0 Å². The predicted molar refractivity (Wildman–Crippen MR) is 55.6 cm³/mol. The Labute approximate surface area is 92.7 Å². The van der Waals surface area contributed by atoms with Crippen molar-refractivity contribution in [3.05, 3.63) is 29.6 Å². The molecule has 1 aromatic heterocycles. The molecule has 0 radical (unpaired) electrons. The van der Waals surface area contributed by atoms with Gasteiger partial charge in [0.2, 0.25) is 0 Å². The third-order valence-corrected chi connectivity index (χ3v) is 2.13. The first-order valence-electron chi connectivity index (χ1n) is 4.69. The van der Waals surface area contributed by atoms with Gasteiger partial charge in [-0.3, -0.25) is 4.98 Å². The molecule has 0 aromatic carbocycles. The molecule has 0 aliphatic heterocycles. The Hall–Kier alpha value is -1.50. The molecular weight excluding hydrogens is 212 g/mol. The van der Waals surface area contributed by atoms with Crippen molar-refractivity contribution in [2.24, 2.45) is 5.73 Å². The number of nitrogens with two attached hydrogens (primary N) is 1. The minimum Gasteiger partial charge on any atom is -0.465 e. The Morgan fingerprint density at radius 1 is 1.56 bits per heavy atom. The van der Waals surface area contributed by atoms with Crippen LogP contribution in [0.2, 0.25) is 0 Å². The number of esters is 1. The molecule has 1 aromatic rings. The van der Waals surface area contributed by atoms with Crippen molar-refractivity contribution in [1.29, 1.82) is 0 Å². The van der Waals surface area contributed by atoms with Crippen LogP contribution in [0, 0.1) is 0 Å². The van der Waals surface area contributed by atoms with Crippen LogP contribution < -0.4 is 5.73 Å². The summed E-state index contributed by atoms with van der Waals surface area (Å²) in [5.41, 5.74) is 5.74. The van der Waals surface area contributed by atoms with Crippen LogP contribution in [0.1, 0.15) is 22.0 Å². The van der Waals surface area contributed by atoms with E-state index in [1.165, 1.54) is 25.6 Å². The number of carbonyl (C=O) groups is 1. The minimum absolute atomic E-state index is 0.0797. The van der Waals surface area contributed by atoms with Gasteiger partial charge < -0.3 is 20.7 Å². The zero-order chi connectivity index (χ0) is 12.1. The second-order valence-electron chi connectivity index (χ2n) is 3.25. The van der Waals surface area contributed by atoms with E-state index in [4.69, 9.17) is 5.73 Å². The van der Waals surface area contributed by atoms with Gasteiger partial charge >= 0.3 is 5.97 Å². The molecule has 1 heterocycles. The zero-order valence-corrected chi connectivity index (χ0v) is 8.83. The highest BCUT2D eigenvalue weighted by Gasteiger charge is 2.18. The fourth-order valence-corrected chi connectivity index (χ4v) is 1.20. The standard InChI is InChI=1S/C10H14N2O4/c1-16-10(15)7-2-6(4-12-5-7)9(14)8(13)3-11/h2,4-5,8-9,13-14H,3,11H2,1H3. The summed E-state index contributed by atoms with van der Waals surface area (Å²) in [7, 11) is 1.25. The molecule has 0 saturated carbocycles. The molecule has 0 saturated heterocycles. The number of nitrogens with zero attached hydrogens (tertiary/aromatic N) is 1. The number of aliphatic hydroxyl groups excluding tert-OH is 2. The fraction of sp³-hybridized carbons (Fsp3) is 0.400. The number of hydrogen-bond acceptors (Lipinski definition) is 6. The van der Waals surface area contributed by atoms with E-state index < -0.39 is 18.2 Å². The summed E-state index contributed by atoms with van der Waals surface area (Å²) in [6.07, 6.45) is 0.421. The molecule has 2 atom stereocenters. The molecule has 88 valence electrons. The first kappa shape index (κ1) is 12.6. The average molecular weight is 226 g/mol. The predicted octanol–water partition coefficient (Wildman–Crippen LogP) is -0.779. The van der Waals surface area contributed by atoms with Gasteiger partial charge in [-0.05, 0) is 6.07 Å². The molecule has 16 heavy (non-hydrogen) atoms. The first-order valence-corrected chi connectivity index (χ1v) is 4.69. The number of pyridine rings is 1. The second-order valence-corrected chi connectivity index (χ2v) is 3.25. The minimum atomic E-state index is -1.16. The largest absolute Gasteiger partial charge is 0.465 e. The molecule has 2 unspecified atom stereocenters. The lowest BCUT2D eigenvalue weighted by Crippen LogP contribution is -2.27. The normalized spacial score (nSPS) is 14.2. The molecule has 0 aliphatic carbocycles. The molecule has 6 heteroatoms. The van der Waals surface area contributed by atoms with Gasteiger partial charge in [0.1, 0.15) is 6.10 Å². The van der Waals surface area contributed by atoms with Crippen LogP contribution in [0.25, 0.3) is 0 Å².